The minimum atomic E-state index is -1.69. The van der Waals surface area contributed by atoms with Crippen molar-refractivity contribution in [2.45, 2.75) is 18.2 Å². The van der Waals surface area contributed by atoms with Gasteiger partial charge in [-0.05, 0) is 6.92 Å². The van der Waals surface area contributed by atoms with Crippen molar-refractivity contribution < 1.29 is 19.8 Å². The minimum absolute atomic E-state index is 0.579. The summed E-state index contributed by atoms with van der Waals surface area (Å²) in [6.45, 7) is 1.14. The van der Waals surface area contributed by atoms with Crippen molar-refractivity contribution in [1.82, 2.24) is 0 Å². The van der Waals surface area contributed by atoms with Crippen LogP contribution in [0.5, 0.6) is 0 Å². The van der Waals surface area contributed by atoms with E-state index in [1.54, 1.807) is 0 Å². The third kappa shape index (κ3) is 2.68. The van der Waals surface area contributed by atoms with Gasteiger partial charge in [-0.3, -0.25) is 9.59 Å². The summed E-state index contributed by atoms with van der Waals surface area (Å²) in [6, 6.07) is 0. The van der Waals surface area contributed by atoms with Crippen LogP contribution in [0.1, 0.15) is 13.3 Å². The molecule has 0 aromatic heterocycles. The highest BCUT2D eigenvalue weighted by molar-refractivity contribution is 6.34. The van der Waals surface area contributed by atoms with E-state index in [9.17, 15) is 9.59 Å². The van der Waals surface area contributed by atoms with E-state index in [1.165, 1.54) is 0 Å². The van der Waals surface area contributed by atoms with Crippen molar-refractivity contribution in [2.24, 2.45) is 0 Å². The van der Waals surface area contributed by atoms with Gasteiger partial charge >= 0.3 is 11.9 Å². The second kappa shape index (κ2) is 2.88. The molecule has 0 heterocycles. The molecule has 58 valence electrons. The Kier molecular flexibility index (Phi) is 2.65. The predicted octanol–water partition coefficient (Wildman–Crippen LogP) is 0.543. The summed E-state index contributed by atoms with van der Waals surface area (Å²) < 4.78 is 0. The molecule has 0 aliphatic heterocycles. The lowest BCUT2D eigenvalue weighted by Gasteiger charge is -2.12. The highest BCUT2D eigenvalue weighted by atomic mass is 35.5. The summed E-state index contributed by atoms with van der Waals surface area (Å²) in [6.07, 6.45) is -0.579. The third-order valence-electron chi connectivity index (χ3n) is 0.929. The Balaban J connectivity index is 4.13. The average molecular weight is 167 g/mol. The van der Waals surface area contributed by atoms with Gasteiger partial charge in [0.15, 0.2) is 0 Å². The topological polar surface area (TPSA) is 74.6 Å². The lowest BCUT2D eigenvalue weighted by Crippen LogP contribution is -2.31. The lowest BCUT2D eigenvalue weighted by molar-refractivity contribution is -0.146. The molecule has 5 heteroatoms. The smallest absolute Gasteiger partial charge is 0.325 e. The fourth-order valence-corrected chi connectivity index (χ4v) is 0.474. The Morgan fingerprint density at radius 3 is 2.00 bits per heavy atom. The number of carbonyl (C=O) groups is 2. The molecule has 0 aromatic rings. The predicted molar refractivity (Wildman–Crippen MR) is 34.1 cm³/mol. The van der Waals surface area contributed by atoms with E-state index in [0.29, 0.717) is 0 Å². The van der Waals surface area contributed by atoms with Crippen LogP contribution in [-0.2, 0) is 9.59 Å². The monoisotopic (exact) mass is 166 g/mol. The van der Waals surface area contributed by atoms with E-state index < -0.39 is 23.2 Å². The molecule has 0 spiro atoms. The maximum Gasteiger partial charge on any atom is 0.325 e. The fourth-order valence-electron chi connectivity index (χ4n) is 0.360. The second-order valence-corrected chi connectivity index (χ2v) is 2.91. The maximum absolute atomic E-state index is 10.2. The molecule has 0 aliphatic carbocycles. The summed E-state index contributed by atoms with van der Waals surface area (Å²) in [4.78, 5) is 18.4. The number of carboxylic acids is 2. The quantitative estimate of drug-likeness (QED) is 0.601. The van der Waals surface area contributed by atoms with E-state index >= 15 is 0 Å². The first kappa shape index (κ1) is 9.23. The van der Waals surface area contributed by atoms with E-state index in [2.05, 4.69) is 0 Å². The molecule has 0 saturated carbocycles. The van der Waals surface area contributed by atoms with E-state index in [-0.39, 0.29) is 0 Å². The van der Waals surface area contributed by atoms with E-state index in [1.807, 2.05) is 0 Å². The first-order valence-electron chi connectivity index (χ1n) is 2.50. The Morgan fingerprint density at radius 2 is 1.90 bits per heavy atom. The first-order chi connectivity index (χ1) is 4.36. The van der Waals surface area contributed by atoms with Crippen LogP contribution in [0.4, 0.5) is 0 Å². The number of aliphatic carboxylic acids is 2. The van der Waals surface area contributed by atoms with Gasteiger partial charge in [0, 0.05) is 0 Å². The SMILES string of the molecule is CC(Cl)(CC(=O)O)C(=O)O. The standard InChI is InChI=1S/C5H7ClO4/c1-5(6,4(9)10)2-3(7)8/h2H2,1H3,(H,7,8)(H,9,10). The zero-order chi connectivity index (χ0) is 8.36. The van der Waals surface area contributed by atoms with Gasteiger partial charge in [-0.15, -0.1) is 11.6 Å². The number of alkyl halides is 1. The number of carboxylic acid groups (broad SMARTS) is 2. The number of rotatable bonds is 3. The highest BCUT2D eigenvalue weighted by Crippen LogP contribution is 2.18. The van der Waals surface area contributed by atoms with Crippen molar-refractivity contribution in [3.8, 4) is 0 Å². The van der Waals surface area contributed by atoms with Crippen LogP contribution in [0, 0.1) is 0 Å². The van der Waals surface area contributed by atoms with Crippen LogP contribution in [0.25, 0.3) is 0 Å². The Hall–Kier alpha value is -0.770. The Bertz CT molecular complexity index is 163. The zero-order valence-electron chi connectivity index (χ0n) is 5.30. The van der Waals surface area contributed by atoms with Crippen molar-refractivity contribution in [1.29, 1.82) is 0 Å². The Labute approximate surface area is 62.4 Å². The van der Waals surface area contributed by atoms with Gasteiger partial charge in [-0.1, -0.05) is 0 Å². The van der Waals surface area contributed by atoms with Crippen LogP contribution < -0.4 is 0 Å². The number of halogens is 1. The maximum atomic E-state index is 10.2. The molecular formula is C5H7ClO4. The van der Waals surface area contributed by atoms with Crippen LogP contribution >= 0.6 is 11.6 Å². The molecule has 1 unspecified atom stereocenters. The molecule has 0 amide bonds. The van der Waals surface area contributed by atoms with Crippen molar-refractivity contribution in [3.63, 3.8) is 0 Å². The van der Waals surface area contributed by atoms with Crippen LogP contribution in [0.2, 0.25) is 0 Å². The normalized spacial score (nSPS) is 15.8. The summed E-state index contributed by atoms with van der Waals surface area (Å²) in [5, 5.41) is 16.4. The van der Waals surface area contributed by atoms with Crippen molar-refractivity contribution in [2.75, 3.05) is 0 Å². The van der Waals surface area contributed by atoms with Gasteiger partial charge in [-0.2, -0.15) is 0 Å². The van der Waals surface area contributed by atoms with Gasteiger partial charge in [-0.25, -0.2) is 0 Å². The van der Waals surface area contributed by atoms with E-state index in [4.69, 9.17) is 21.8 Å². The first-order valence-corrected chi connectivity index (χ1v) is 2.88. The largest absolute Gasteiger partial charge is 0.481 e. The molecule has 0 aromatic carbocycles. The third-order valence-corrected chi connectivity index (χ3v) is 1.22. The second-order valence-electron chi connectivity index (χ2n) is 2.07. The summed E-state index contributed by atoms with van der Waals surface area (Å²) in [5.74, 6) is -2.54. The molecule has 0 bridgehead atoms. The summed E-state index contributed by atoms with van der Waals surface area (Å²) in [5.41, 5.74) is 0. The van der Waals surface area contributed by atoms with Gasteiger partial charge in [0.05, 0.1) is 6.42 Å². The van der Waals surface area contributed by atoms with Crippen LogP contribution in [0.15, 0.2) is 0 Å². The summed E-state index contributed by atoms with van der Waals surface area (Å²) in [7, 11) is 0. The van der Waals surface area contributed by atoms with Crippen LogP contribution in [0.3, 0.4) is 0 Å². The molecular weight excluding hydrogens is 160 g/mol. The van der Waals surface area contributed by atoms with Gasteiger partial charge in [0.1, 0.15) is 4.87 Å². The van der Waals surface area contributed by atoms with Crippen molar-refractivity contribution in [3.05, 3.63) is 0 Å². The summed E-state index contributed by atoms with van der Waals surface area (Å²) >= 11 is 5.29. The molecule has 1 atom stereocenters. The molecule has 0 radical (unpaired) electrons. The average Bonchev–Trinajstić information content (AvgIpc) is 1.60. The van der Waals surface area contributed by atoms with Gasteiger partial charge < -0.3 is 10.2 Å². The molecule has 0 rings (SSSR count). The zero-order valence-corrected chi connectivity index (χ0v) is 6.05. The number of hydrogen-bond donors (Lipinski definition) is 2. The minimum Gasteiger partial charge on any atom is -0.481 e. The van der Waals surface area contributed by atoms with Crippen LogP contribution in [-0.4, -0.2) is 27.0 Å². The highest BCUT2D eigenvalue weighted by Gasteiger charge is 2.32. The molecule has 0 aliphatic rings. The Morgan fingerprint density at radius 1 is 1.50 bits per heavy atom. The number of hydrogen-bond acceptors (Lipinski definition) is 2. The molecule has 10 heavy (non-hydrogen) atoms. The lowest BCUT2D eigenvalue weighted by atomic mass is 10.1. The molecule has 0 fully saturated rings. The van der Waals surface area contributed by atoms with E-state index in [0.717, 1.165) is 6.92 Å². The molecule has 2 N–H and O–H groups in total. The van der Waals surface area contributed by atoms with Crippen molar-refractivity contribution >= 4 is 23.5 Å². The van der Waals surface area contributed by atoms with Gasteiger partial charge in [0.2, 0.25) is 0 Å². The molecule has 0 saturated heterocycles. The molecule has 4 nitrogen and oxygen atoms in total. The fraction of sp³-hybridized carbons (Fsp3) is 0.600. The van der Waals surface area contributed by atoms with Gasteiger partial charge in [0.25, 0.3) is 0 Å².